The van der Waals surface area contributed by atoms with E-state index in [4.69, 9.17) is 4.74 Å². The van der Waals surface area contributed by atoms with Gasteiger partial charge in [-0.05, 0) is 37.1 Å². The molecule has 0 unspecified atom stereocenters. The maximum absolute atomic E-state index is 13.5. The molecule has 0 heterocycles. The Morgan fingerprint density at radius 3 is 2.63 bits per heavy atom. The lowest BCUT2D eigenvalue weighted by atomic mass is 10.2. The van der Waals surface area contributed by atoms with Gasteiger partial charge in [0.05, 0.1) is 6.61 Å². The van der Waals surface area contributed by atoms with Crippen LogP contribution in [-0.2, 0) is 6.54 Å². The molecule has 0 saturated carbocycles. The summed E-state index contributed by atoms with van der Waals surface area (Å²) in [6.07, 6.45) is 5.74. The molecule has 0 radical (unpaired) electrons. The van der Waals surface area contributed by atoms with Crippen molar-refractivity contribution >= 4 is 0 Å². The van der Waals surface area contributed by atoms with Gasteiger partial charge in [-0.15, -0.1) is 0 Å². The minimum absolute atomic E-state index is 0.223. The number of benzene rings is 1. The first-order valence-electron chi connectivity index (χ1n) is 7.39. The van der Waals surface area contributed by atoms with Gasteiger partial charge in [-0.2, -0.15) is 0 Å². The summed E-state index contributed by atoms with van der Waals surface area (Å²) in [4.78, 5) is 0. The molecule has 19 heavy (non-hydrogen) atoms. The van der Waals surface area contributed by atoms with Gasteiger partial charge in [0, 0.05) is 12.6 Å². The summed E-state index contributed by atoms with van der Waals surface area (Å²) in [7, 11) is 0. The number of rotatable bonds is 10. The fourth-order valence-corrected chi connectivity index (χ4v) is 1.93. The molecule has 2 nitrogen and oxygen atoms in total. The molecule has 0 aliphatic carbocycles. The van der Waals surface area contributed by atoms with Crippen molar-refractivity contribution in [2.75, 3.05) is 13.2 Å². The Kier molecular flexibility index (Phi) is 8.23. The van der Waals surface area contributed by atoms with Gasteiger partial charge in [-0.25, -0.2) is 4.39 Å². The molecule has 1 aromatic rings. The van der Waals surface area contributed by atoms with Crippen LogP contribution in [0.2, 0.25) is 0 Å². The van der Waals surface area contributed by atoms with Crippen molar-refractivity contribution in [3.63, 3.8) is 0 Å². The third-order valence-corrected chi connectivity index (χ3v) is 2.95. The second-order valence-corrected chi connectivity index (χ2v) is 4.88. The maximum atomic E-state index is 13.5. The zero-order chi connectivity index (χ0) is 13.9. The van der Waals surface area contributed by atoms with Crippen LogP contribution in [0.25, 0.3) is 0 Å². The van der Waals surface area contributed by atoms with E-state index in [0.29, 0.717) is 18.9 Å². The molecule has 0 saturated heterocycles. The molecule has 0 bridgehead atoms. The van der Waals surface area contributed by atoms with Crippen LogP contribution < -0.4 is 10.1 Å². The van der Waals surface area contributed by atoms with E-state index in [0.717, 1.165) is 24.9 Å². The number of halogens is 1. The number of hydrogen-bond acceptors (Lipinski definition) is 2. The van der Waals surface area contributed by atoms with Crippen molar-refractivity contribution in [3.05, 3.63) is 29.6 Å². The van der Waals surface area contributed by atoms with E-state index < -0.39 is 0 Å². The Bertz CT molecular complexity index is 355. The predicted molar refractivity (Wildman–Crippen MR) is 78.0 cm³/mol. The maximum Gasteiger partial charge on any atom is 0.127 e. The largest absolute Gasteiger partial charge is 0.493 e. The van der Waals surface area contributed by atoms with Crippen LogP contribution in [0.1, 0.15) is 51.5 Å². The number of hydrogen-bond donors (Lipinski definition) is 1. The van der Waals surface area contributed by atoms with E-state index in [1.54, 1.807) is 6.07 Å². The summed E-state index contributed by atoms with van der Waals surface area (Å²) in [6, 6.07) is 4.95. The Morgan fingerprint density at radius 1 is 1.05 bits per heavy atom. The summed E-state index contributed by atoms with van der Waals surface area (Å²) in [5.41, 5.74) is 0.942. The smallest absolute Gasteiger partial charge is 0.127 e. The highest BCUT2D eigenvalue weighted by molar-refractivity contribution is 5.29. The minimum atomic E-state index is -0.223. The average molecular weight is 267 g/mol. The highest BCUT2D eigenvalue weighted by Crippen LogP contribution is 2.17. The van der Waals surface area contributed by atoms with Crippen LogP contribution in [-0.4, -0.2) is 13.2 Å². The zero-order valence-corrected chi connectivity index (χ0v) is 12.2. The SMILES string of the molecule is CCCCCCOc1cc(F)cc(CNCCC)c1. The van der Waals surface area contributed by atoms with Crippen LogP contribution in [0.4, 0.5) is 4.39 Å². The van der Waals surface area contributed by atoms with E-state index >= 15 is 0 Å². The topological polar surface area (TPSA) is 21.3 Å². The van der Waals surface area contributed by atoms with Crippen LogP contribution in [0.15, 0.2) is 18.2 Å². The molecule has 0 aromatic heterocycles. The Hall–Kier alpha value is -1.09. The van der Waals surface area contributed by atoms with Crippen LogP contribution in [0.3, 0.4) is 0 Å². The standard InChI is InChI=1S/C16H26FNO/c1-3-5-6-7-9-19-16-11-14(10-15(17)12-16)13-18-8-4-2/h10-12,18H,3-9,13H2,1-2H3. The van der Waals surface area contributed by atoms with Crippen molar-refractivity contribution in [2.24, 2.45) is 0 Å². The van der Waals surface area contributed by atoms with Crippen LogP contribution in [0, 0.1) is 5.82 Å². The summed E-state index contributed by atoms with van der Waals surface area (Å²) < 4.78 is 19.1. The fraction of sp³-hybridized carbons (Fsp3) is 0.625. The number of unbranched alkanes of at least 4 members (excludes halogenated alkanes) is 3. The molecule has 3 heteroatoms. The van der Waals surface area contributed by atoms with Gasteiger partial charge in [0.2, 0.25) is 0 Å². The predicted octanol–water partition coefficient (Wildman–Crippen LogP) is 4.28. The fourth-order valence-electron chi connectivity index (χ4n) is 1.93. The monoisotopic (exact) mass is 267 g/mol. The lowest BCUT2D eigenvalue weighted by molar-refractivity contribution is 0.303. The van der Waals surface area contributed by atoms with Crippen LogP contribution in [0.5, 0.6) is 5.75 Å². The number of ether oxygens (including phenoxy) is 1. The highest BCUT2D eigenvalue weighted by Gasteiger charge is 2.02. The second-order valence-electron chi connectivity index (χ2n) is 4.88. The lowest BCUT2D eigenvalue weighted by Crippen LogP contribution is -2.14. The molecule has 1 aromatic carbocycles. The molecular formula is C16H26FNO. The van der Waals surface area contributed by atoms with Gasteiger partial charge in [-0.3, -0.25) is 0 Å². The average Bonchev–Trinajstić information content (AvgIpc) is 2.38. The molecule has 0 aliphatic heterocycles. The molecule has 1 rings (SSSR count). The first kappa shape index (κ1) is 16.0. The first-order chi connectivity index (χ1) is 9.26. The van der Waals surface area contributed by atoms with Crippen molar-refractivity contribution in [2.45, 2.75) is 52.5 Å². The first-order valence-corrected chi connectivity index (χ1v) is 7.39. The van der Waals surface area contributed by atoms with Crippen molar-refractivity contribution in [1.82, 2.24) is 5.32 Å². The zero-order valence-electron chi connectivity index (χ0n) is 12.2. The summed E-state index contributed by atoms with van der Waals surface area (Å²) >= 11 is 0. The third kappa shape index (κ3) is 7.16. The molecule has 0 atom stereocenters. The molecule has 1 N–H and O–H groups in total. The third-order valence-electron chi connectivity index (χ3n) is 2.95. The summed E-state index contributed by atoms with van der Waals surface area (Å²) in [6.45, 7) is 6.61. The van der Waals surface area contributed by atoms with E-state index in [1.165, 1.54) is 25.3 Å². The van der Waals surface area contributed by atoms with Crippen molar-refractivity contribution < 1.29 is 9.13 Å². The van der Waals surface area contributed by atoms with Gasteiger partial charge in [0.15, 0.2) is 0 Å². The quantitative estimate of drug-likeness (QED) is 0.639. The van der Waals surface area contributed by atoms with Crippen molar-refractivity contribution in [3.8, 4) is 5.75 Å². The molecular weight excluding hydrogens is 241 g/mol. The lowest BCUT2D eigenvalue weighted by Gasteiger charge is -2.09. The molecule has 0 aliphatic rings. The van der Waals surface area contributed by atoms with Gasteiger partial charge in [0.1, 0.15) is 11.6 Å². The molecule has 0 spiro atoms. The Morgan fingerprint density at radius 2 is 1.89 bits per heavy atom. The number of nitrogens with one attached hydrogen (secondary N) is 1. The normalized spacial score (nSPS) is 10.7. The van der Waals surface area contributed by atoms with Gasteiger partial charge in [-0.1, -0.05) is 33.1 Å². The van der Waals surface area contributed by atoms with Crippen LogP contribution >= 0.6 is 0 Å². The van der Waals surface area contributed by atoms with Gasteiger partial charge in [0.25, 0.3) is 0 Å². The van der Waals surface area contributed by atoms with E-state index in [2.05, 4.69) is 19.2 Å². The van der Waals surface area contributed by atoms with Crippen molar-refractivity contribution in [1.29, 1.82) is 0 Å². The van der Waals surface area contributed by atoms with Gasteiger partial charge < -0.3 is 10.1 Å². The van der Waals surface area contributed by atoms with E-state index in [-0.39, 0.29) is 5.82 Å². The highest BCUT2D eigenvalue weighted by atomic mass is 19.1. The summed E-state index contributed by atoms with van der Waals surface area (Å²) in [5.74, 6) is 0.421. The second kappa shape index (κ2) is 9.79. The minimum Gasteiger partial charge on any atom is -0.493 e. The Balaban J connectivity index is 2.39. The van der Waals surface area contributed by atoms with Gasteiger partial charge >= 0.3 is 0 Å². The molecule has 0 fully saturated rings. The van der Waals surface area contributed by atoms with E-state index in [9.17, 15) is 4.39 Å². The molecule has 0 amide bonds. The van der Waals surface area contributed by atoms with E-state index in [1.807, 2.05) is 6.07 Å². The summed E-state index contributed by atoms with van der Waals surface area (Å²) in [5, 5.41) is 3.27. The molecule has 108 valence electrons. The Labute approximate surface area is 116 Å².